The highest BCUT2D eigenvalue weighted by Crippen LogP contribution is 2.17. The molecule has 1 heterocycles. The lowest BCUT2D eigenvalue weighted by atomic mass is 9.97. The van der Waals surface area contributed by atoms with Gasteiger partial charge in [0.05, 0.1) is 12.3 Å². The Balaban J connectivity index is 1.98. The van der Waals surface area contributed by atoms with Gasteiger partial charge in [0, 0.05) is 13.1 Å². The Morgan fingerprint density at radius 3 is 2.89 bits per heavy atom. The summed E-state index contributed by atoms with van der Waals surface area (Å²) >= 11 is 0. The third kappa shape index (κ3) is 3.53. The molecule has 1 saturated heterocycles. The first kappa shape index (κ1) is 13.5. The van der Waals surface area contributed by atoms with E-state index in [0.717, 1.165) is 0 Å². The van der Waals surface area contributed by atoms with Crippen LogP contribution in [0.1, 0.15) is 18.4 Å². The van der Waals surface area contributed by atoms with E-state index in [1.165, 1.54) is 12.1 Å². The van der Waals surface area contributed by atoms with Gasteiger partial charge < -0.3 is 10.0 Å². The number of halogens is 1. The zero-order valence-electron chi connectivity index (χ0n) is 10.5. The van der Waals surface area contributed by atoms with Crippen molar-refractivity contribution in [2.75, 3.05) is 13.1 Å². The summed E-state index contributed by atoms with van der Waals surface area (Å²) in [7, 11) is 0. The standard InChI is InChI=1S/C14H16FNO3/c15-12-5-1-3-10(7-12)8-13(17)16-6-2-4-11(9-16)14(18)19/h1,3,5,7,11H,2,4,6,8-9H2,(H,18,19). The summed E-state index contributed by atoms with van der Waals surface area (Å²) in [6.45, 7) is 0.835. The molecule has 0 spiro atoms. The first-order valence-corrected chi connectivity index (χ1v) is 6.31. The number of carbonyl (C=O) groups is 2. The van der Waals surface area contributed by atoms with Crippen LogP contribution in [0.5, 0.6) is 0 Å². The first-order chi connectivity index (χ1) is 9.06. The molecule has 1 N–H and O–H groups in total. The molecule has 5 heteroatoms. The van der Waals surface area contributed by atoms with E-state index in [1.807, 2.05) is 0 Å². The Morgan fingerprint density at radius 1 is 1.42 bits per heavy atom. The van der Waals surface area contributed by atoms with Crippen LogP contribution in [0.4, 0.5) is 4.39 Å². The lowest BCUT2D eigenvalue weighted by Crippen LogP contribution is -2.43. The van der Waals surface area contributed by atoms with Gasteiger partial charge in [0.25, 0.3) is 0 Å². The number of aliphatic carboxylic acids is 1. The molecule has 4 nitrogen and oxygen atoms in total. The maximum absolute atomic E-state index is 13.0. The zero-order valence-corrected chi connectivity index (χ0v) is 10.5. The number of carboxylic acids is 1. The number of likely N-dealkylation sites (tertiary alicyclic amines) is 1. The predicted molar refractivity (Wildman–Crippen MR) is 67.0 cm³/mol. The lowest BCUT2D eigenvalue weighted by molar-refractivity contribution is -0.145. The number of rotatable bonds is 3. The number of hydrogen-bond acceptors (Lipinski definition) is 2. The van der Waals surface area contributed by atoms with Crippen LogP contribution in [-0.2, 0) is 16.0 Å². The minimum atomic E-state index is -0.858. The Bertz CT molecular complexity index is 489. The van der Waals surface area contributed by atoms with Gasteiger partial charge in [0.15, 0.2) is 0 Å². The van der Waals surface area contributed by atoms with Gasteiger partial charge in [-0.3, -0.25) is 9.59 Å². The van der Waals surface area contributed by atoms with Crippen molar-refractivity contribution in [1.29, 1.82) is 0 Å². The molecule has 1 aromatic rings. The van der Waals surface area contributed by atoms with E-state index in [9.17, 15) is 14.0 Å². The Kier molecular flexibility index (Phi) is 4.14. The summed E-state index contributed by atoms with van der Waals surface area (Å²) < 4.78 is 13.0. The van der Waals surface area contributed by atoms with Crippen molar-refractivity contribution in [2.45, 2.75) is 19.3 Å². The molecular weight excluding hydrogens is 249 g/mol. The molecule has 102 valence electrons. The summed E-state index contributed by atoms with van der Waals surface area (Å²) in [5.74, 6) is -1.85. The van der Waals surface area contributed by atoms with Crippen LogP contribution in [0.25, 0.3) is 0 Å². The van der Waals surface area contributed by atoms with E-state index >= 15 is 0 Å². The van der Waals surface area contributed by atoms with Crippen molar-refractivity contribution < 1.29 is 19.1 Å². The van der Waals surface area contributed by atoms with Gasteiger partial charge in [-0.1, -0.05) is 12.1 Å². The van der Waals surface area contributed by atoms with Crippen LogP contribution >= 0.6 is 0 Å². The van der Waals surface area contributed by atoms with Gasteiger partial charge in [-0.05, 0) is 30.5 Å². The highest BCUT2D eigenvalue weighted by atomic mass is 19.1. The van der Waals surface area contributed by atoms with E-state index in [2.05, 4.69) is 0 Å². The zero-order chi connectivity index (χ0) is 13.8. The molecule has 1 aliphatic heterocycles. The minimum Gasteiger partial charge on any atom is -0.481 e. The fourth-order valence-corrected chi connectivity index (χ4v) is 2.34. The monoisotopic (exact) mass is 265 g/mol. The molecule has 1 unspecified atom stereocenters. The molecule has 1 fully saturated rings. The van der Waals surface area contributed by atoms with Crippen LogP contribution in [0.15, 0.2) is 24.3 Å². The smallest absolute Gasteiger partial charge is 0.308 e. The molecule has 1 amide bonds. The summed E-state index contributed by atoms with van der Waals surface area (Å²) in [5.41, 5.74) is 0.613. The molecule has 0 saturated carbocycles. The van der Waals surface area contributed by atoms with E-state index in [-0.39, 0.29) is 24.7 Å². The first-order valence-electron chi connectivity index (χ1n) is 6.31. The Hall–Kier alpha value is -1.91. The molecule has 1 aromatic carbocycles. The van der Waals surface area contributed by atoms with Crippen molar-refractivity contribution in [3.8, 4) is 0 Å². The summed E-state index contributed by atoms with van der Waals surface area (Å²) in [6.07, 6.45) is 1.43. The van der Waals surface area contributed by atoms with Gasteiger partial charge in [0.1, 0.15) is 5.82 Å². The second kappa shape index (κ2) is 5.82. The fourth-order valence-electron chi connectivity index (χ4n) is 2.34. The normalized spacial score (nSPS) is 19.2. The van der Waals surface area contributed by atoms with E-state index in [4.69, 9.17) is 5.11 Å². The number of benzene rings is 1. The maximum atomic E-state index is 13.0. The van der Waals surface area contributed by atoms with Crippen LogP contribution < -0.4 is 0 Å². The van der Waals surface area contributed by atoms with E-state index < -0.39 is 11.9 Å². The number of hydrogen-bond donors (Lipinski definition) is 1. The van der Waals surface area contributed by atoms with Gasteiger partial charge in [-0.2, -0.15) is 0 Å². The summed E-state index contributed by atoms with van der Waals surface area (Å²) in [4.78, 5) is 24.6. The van der Waals surface area contributed by atoms with Crippen LogP contribution in [0.3, 0.4) is 0 Å². The fraction of sp³-hybridized carbons (Fsp3) is 0.429. The highest BCUT2D eigenvalue weighted by Gasteiger charge is 2.27. The molecule has 2 rings (SSSR count). The number of carbonyl (C=O) groups excluding carboxylic acids is 1. The minimum absolute atomic E-state index is 0.115. The molecule has 0 bridgehead atoms. The van der Waals surface area contributed by atoms with Gasteiger partial charge in [0.2, 0.25) is 5.91 Å². The van der Waals surface area contributed by atoms with Gasteiger partial charge >= 0.3 is 5.97 Å². The average molecular weight is 265 g/mol. The molecule has 0 aromatic heterocycles. The van der Waals surface area contributed by atoms with Crippen molar-refractivity contribution in [1.82, 2.24) is 4.90 Å². The Morgan fingerprint density at radius 2 is 2.21 bits per heavy atom. The molecule has 0 radical (unpaired) electrons. The van der Waals surface area contributed by atoms with E-state index in [1.54, 1.807) is 17.0 Å². The maximum Gasteiger partial charge on any atom is 0.308 e. The summed E-state index contributed by atoms with van der Waals surface area (Å²) in [6, 6.07) is 5.92. The topological polar surface area (TPSA) is 57.6 Å². The quantitative estimate of drug-likeness (QED) is 0.904. The lowest BCUT2D eigenvalue weighted by Gasteiger charge is -2.30. The molecule has 0 aliphatic carbocycles. The molecule has 1 atom stereocenters. The van der Waals surface area contributed by atoms with Crippen molar-refractivity contribution in [2.24, 2.45) is 5.92 Å². The van der Waals surface area contributed by atoms with Gasteiger partial charge in [-0.25, -0.2) is 4.39 Å². The van der Waals surface area contributed by atoms with E-state index in [0.29, 0.717) is 24.9 Å². The van der Waals surface area contributed by atoms with Crippen LogP contribution in [0.2, 0.25) is 0 Å². The van der Waals surface area contributed by atoms with Crippen LogP contribution in [-0.4, -0.2) is 35.0 Å². The predicted octanol–water partition coefficient (Wildman–Crippen LogP) is 1.69. The third-order valence-corrected chi connectivity index (χ3v) is 3.37. The highest BCUT2D eigenvalue weighted by molar-refractivity contribution is 5.80. The van der Waals surface area contributed by atoms with Crippen molar-refractivity contribution in [3.05, 3.63) is 35.6 Å². The number of amides is 1. The number of carboxylic acid groups (broad SMARTS) is 1. The number of nitrogens with zero attached hydrogens (tertiary/aromatic N) is 1. The third-order valence-electron chi connectivity index (χ3n) is 3.37. The van der Waals surface area contributed by atoms with Crippen molar-refractivity contribution >= 4 is 11.9 Å². The second-order valence-corrected chi connectivity index (χ2v) is 4.82. The second-order valence-electron chi connectivity index (χ2n) is 4.82. The molecule has 1 aliphatic rings. The number of piperidine rings is 1. The SMILES string of the molecule is O=C(O)C1CCCN(C(=O)Cc2cccc(F)c2)C1. The van der Waals surface area contributed by atoms with Crippen molar-refractivity contribution in [3.63, 3.8) is 0 Å². The average Bonchev–Trinajstić information content (AvgIpc) is 2.39. The molecule has 19 heavy (non-hydrogen) atoms. The largest absolute Gasteiger partial charge is 0.481 e. The van der Waals surface area contributed by atoms with Gasteiger partial charge in [-0.15, -0.1) is 0 Å². The van der Waals surface area contributed by atoms with Crippen LogP contribution in [0, 0.1) is 11.7 Å². The Labute approximate surface area is 110 Å². The molecular formula is C14H16FNO3. The summed E-state index contributed by atoms with van der Waals surface area (Å²) in [5, 5.41) is 8.98.